The molecule has 1 N–H and O–H groups in total. The van der Waals surface area contributed by atoms with Crippen LogP contribution in [0.25, 0.3) is 11.1 Å². The Morgan fingerprint density at radius 2 is 1.68 bits per heavy atom. The highest BCUT2D eigenvalue weighted by Gasteiger charge is 2.25. The van der Waals surface area contributed by atoms with Gasteiger partial charge in [0.05, 0.1) is 6.54 Å². The summed E-state index contributed by atoms with van der Waals surface area (Å²) in [6, 6.07) is 22.6. The van der Waals surface area contributed by atoms with Gasteiger partial charge >= 0.3 is 0 Å². The van der Waals surface area contributed by atoms with E-state index in [1.165, 1.54) is 5.56 Å². The van der Waals surface area contributed by atoms with Gasteiger partial charge in [-0.15, -0.1) is 0 Å². The molecule has 4 aromatic rings. The summed E-state index contributed by atoms with van der Waals surface area (Å²) in [7, 11) is 3.78. The number of ketones is 1. The molecule has 0 radical (unpaired) electrons. The van der Waals surface area contributed by atoms with Crippen LogP contribution >= 0.6 is 0 Å². The highest BCUT2D eigenvalue weighted by molar-refractivity contribution is 6.47. The molecule has 7 heteroatoms. The number of ether oxygens (including phenoxy) is 1. The zero-order valence-corrected chi connectivity index (χ0v) is 21.9. The first-order chi connectivity index (χ1) is 17.7. The second-order valence-electron chi connectivity index (χ2n) is 9.19. The van der Waals surface area contributed by atoms with Crippen molar-refractivity contribution < 1.29 is 14.3 Å². The Kier molecular flexibility index (Phi) is 7.72. The van der Waals surface area contributed by atoms with E-state index in [0.29, 0.717) is 30.3 Å². The molecule has 190 valence electrons. The molecule has 2 aromatic carbocycles. The second kappa shape index (κ2) is 11.1. The number of amides is 1. The molecule has 0 aliphatic rings. The van der Waals surface area contributed by atoms with Crippen molar-refractivity contribution in [1.29, 1.82) is 0 Å². The third-order valence-corrected chi connectivity index (χ3v) is 6.26. The van der Waals surface area contributed by atoms with Gasteiger partial charge in [-0.25, -0.2) is 4.98 Å². The lowest BCUT2D eigenvalue weighted by atomic mass is 10.0. The number of benzene rings is 2. The molecule has 0 saturated carbocycles. The maximum Gasteiger partial charge on any atom is 0.298 e. The number of aryl methyl sites for hydroxylation is 3. The highest BCUT2D eigenvalue weighted by atomic mass is 16.5. The number of rotatable bonds is 9. The van der Waals surface area contributed by atoms with Crippen molar-refractivity contribution in [1.82, 2.24) is 9.55 Å². The standard InChI is InChI=1S/C30H32N4O3/c1-20-17-21(2)31-27(18-20)33(4)15-16-37-25-13-11-24(12-14-25)32-30(36)29(35)28-26(19-22(3)34(28)5)23-9-7-6-8-10-23/h6-14,17-19H,15-16H2,1-5H3,(H,32,36). The number of carbonyl (C=O) groups is 2. The Hall–Kier alpha value is -4.39. The van der Waals surface area contributed by atoms with Gasteiger partial charge in [0.2, 0.25) is 0 Å². The largest absolute Gasteiger partial charge is 0.492 e. The predicted octanol–water partition coefficient (Wildman–Crippen LogP) is 5.35. The van der Waals surface area contributed by atoms with Crippen LogP contribution in [-0.4, -0.2) is 41.4 Å². The second-order valence-corrected chi connectivity index (χ2v) is 9.19. The van der Waals surface area contributed by atoms with Crippen LogP contribution in [0.3, 0.4) is 0 Å². The van der Waals surface area contributed by atoms with Crippen LogP contribution in [0, 0.1) is 20.8 Å². The number of nitrogens with zero attached hydrogens (tertiary/aromatic N) is 3. The summed E-state index contributed by atoms with van der Waals surface area (Å²) >= 11 is 0. The molecule has 0 saturated heterocycles. The molecule has 0 aliphatic heterocycles. The lowest BCUT2D eigenvalue weighted by Crippen LogP contribution is -2.25. The average Bonchev–Trinajstić information content (AvgIpc) is 3.18. The van der Waals surface area contributed by atoms with Crippen LogP contribution in [0.15, 0.2) is 72.8 Å². The Balaban J connectivity index is 1.36. The van der Waals surface area contributed by atoms with Crippen molar-refractivity contribution in [3.63, 3.8) is 0 Å². The van der Waals surface area contributed by atoms with E-state index in [1.54, 1.807) is 35.9 Å². The third kappa shape index (κ3) is 6.06. The quantitative estimate of drug-likeness (QED) is 0.250. The molecule has 0 atom stereocenters. The normalized spacial score (nSPS) is 10.7. The van der Waals surface area contributed by atoms with Crippen LogP contribution in [-0.2, 0) is 11.8 Å². The molecule has 4 rings (SSSR count). The van der Waals surface area contributed by atoms with Crippen molar-refractivity contribution in [2.45, 2.75) is 20.8 Å². The molecule has 7 nitrogen and oxygen atoms in total. The summed E-state index contributed by atoms with van der Waals surface area (Å²) < 4.78 is 7.62. The first kappa shape index (κ1) is 25.7. The van der Waals surface area contributed by atoms with Crippen LogP contribution in [0.4, 0.5) is 11.5 Å². The van der Waals surface area contributed by atoms with Crippen LogP contribution in [0.2, 0.25) is 0 Å². The summed E-state index contributed by atoms with van der Waals surface area (Å²) in [4.78, 5) is 32.6. The van der Waals surface area contributed by atoms with Gasteiger partial charge in [-0.2, -0.15) is 0 Å². The maximum absolute atomic E-state index is 13.1. The Labute approximate surface area is 217 Å². The van der Waals surface area contributed by atoms with Crippen molar-refractivity contribution >= 4 is 23.2 Å². The number of carbonyl (C=O) groups excluding carboxylic acids is 2. The predicted molar refractivity (Wildman–Crippen MR) is 147 cm³/mol. The van der Waals surface area contributed by atoms with Crippen LogP contribution in [0.5, 0.6) is 5.75 Å². The van der Waals surface area contributed by atoms with E-state index in [9.17, 15) is 9.59 Å². The minimum absolute atomic E-state index is 0.364. The van der Waals surface area contributed by atoms with Crippen molar-refractivity contribution in [2.24, 2.45) is 7.05 Å². The highest BCUT2D eigenvalue weighted by Crippen LogP contribution is 2.27. The molecule has 0 unspecified atom stereocenters. The molecular formula is C30H32N4O3. The molecular weight excluding hydrogens is 464 g/mol. The van der Waals surface area contributed by atoms with E-state index in [1.807, 2.05) is 69.4 Å². The molecule has 37 heavy (non-hydrogen) atoms. The molecule has 0 aliphatic carbocycles. The topological polar surface area (TPSA) is 76.5 Å². The van der Waals surface area contributed by atoms with Crippen LogP contribution < -0.4 is 15.0 Å². The van der Waals surface area contributed by atoms with E-state index in [2.05, 4.69) is 22.1 Å². The summed E-state index contributed by atoms with van der Waals surface area (Å²) in [5, 5.41) is 2.72. The molecule has 1 amide bonds. The number of pyridine rings is 1. The summed E-state index contributed by atoms with van der Waals surface area (Å²) in [6.45, 7) is 7.10. The van der Waals surface area contributed by atoms with Gasteiger partial charge < -0.3 is 19.5 Å². The number of Topliss-reactive ketones (excluding diaryl/α,β-unsaturated/α-hetero) is 1. The average molecular weight is 497 g/mol. The lowest BCUT2D eigenvalue weighted by Gasteiger charge is -2.19. The van der Waals surface area contributed by atoms with E-state index in [0.717, 1.165) is 28.3 Å². The molecule has 0 bridgehead atoms. The van der Waals surface area contributed by atoms with E-state index in [-0.39, 0.29) is 0 Å². The van der Waals surface area contributed by atoms with Gasteiger partial charge in [0, 0.05) is 36.7 Å². The number of nitrogens with one attached hydrogen (secondary N) is 1. The fraction of sp³-hybridized carbons (Fsp3) is 0.233. The molecule has 2 aromatic heterocycles. The summed E-state index contributed by atoms with van der Waals surface area (Å²) in [5.41, 5.74) is 5.57. The maximum atomic E-state index is 13.1. The number of hydrogen-bond acceptors (Lipinski definition) is 5. The van der Waals surface area contributed by atoms with Crippen molar-refractivity contribution in [3.05, 3.63) is 95.4 Å². The van der Waals surface area contributed by atoms with E-state index >= 15 is 0 Å². The zero-order chi connectivity index (χ0) is 26.5. The smallest absolute Gasteiger partial charge is 0.298 e. The van der Waals surface area contributed by atoms with Gasteiger partial charge in [0.15, 0.2) is 0 Å². The SMILES string of the molecule is Cc1cc(C)nc(N(C)CCOc2ccc(NC(=O)C(=O)c3c(-c4ccccc4)cc(C)n3C)cc2)c1. The van der Waals surface area contributed by atoms with Gasteiger partial charge in [0.25, 0.3) is 11.7 Å². The van der Waals surface area contributed by atoms with E-state index in [4.69, 9.17) is 4.74 Å². The van der Waals surface area contributed by atoms with Gasteiger partial charge in [0.1, 0.15) is 23.9 Å². The third-order valence-electron chi connectivity index (χ3n) is 6.26. The van der Waals surface area contributed by atoms with Crippen molar-refractivity contribution in [2.75, 3.05) is 30.4 Å². The Morgan fingerprint density at radius 3 is 2.35 bits per heavy atom. The minimum atomic E-state index is -0.686. The monoisotopic (exact) mass is 496 g/mol. The molecule has 0 fully saturated rings. The van der Waals surface area contributed by atoms with Crippen molar-refractivity contribution in [3.8, 4) is 16.9 Å². The molecule has 2 heterocycles. The van der Waals surface area contributed by atoms with E-state index < -0.39 is 11.7 Å². The number of likely N-dealkylation sites (N-methyl/N-ethyl adjacent to an activating group) is 1. The lowest BCUT2D eigenvalue weighted by molar-refractivity contribution is -0.112. The first-order valence-corrected chi connectivity index (χ1v) is 12.2. The fourth-order valence-corrected chi connectivity index (χ4v) is 4.20. The van der Waals surface area contributed by atoms with Gasteiger partial charge in [-0.05, 0) is 74.4 Å². The Morgan fingerprint density at radius 1 is 0.973 bits per heavy atom. The summed E-state index contributed by atoms with van der Waals surface area (Å²) in [5.74, 6) is 0.315. The number of hydrogen-bond donors (Lipinski definition) is 1. The van der Waals surface area contributed by atoms with Crippen LogP contribution in [0.1, 0.15) is 27.4 Å². The van der Waals surface area contributed by atoms with Gasteiger partial charge in [-0.1, -0.05) is 30.3 Å². The minimum Gasteiger partial charge on any atom is -0.492 e. The van der Waals surface area contributed by atoms with Gasteiger partial charge in [-0.3, -0.25) is 9.59 Å². The first-order valence-electron chi connectivity index (χ1n) is 12.2. The number of anilines is 2. The Bertz CT molecular complexity index is 1390. The fourth-order valence-electron chi connectivity index (χ4n) is 4.20. The summed E-state index contributed by atoms with van der Waals surface area (Å²) in [6.07, 6.45) is 0. The zero-order valence-electron chi connectivity index (χ0n) is 21.9. The number of aromatic nitrogens is 2. The molecule has 0 spiro atoms.